The molecule has 0 saturated heterocycles. The number of aryl methyl sites for hydroxylation is 1. The molecule has 1 saturated carbocycles. The van der Waals surface area contributed by atoms with Crippen LogP contribution < -0.4 is 0 Å². The molecule has 1 atom stereocenters. The summed E-state index contributed by atoms with van der Waals surface area (Å²) in [6, 6.07) is 0. The third kappa shape index (κ3) is 2.67. The molecule has 0 aliphatic heterocycles. The maximum absolute atomic E-state index is 11.9. The molecule has 4 heteroatoms. The number of nitrogens with zero attached hydrogens (tertiary/aromatic N) is 1. The van der Waals surface area contributed by atoms with Crippen LogP contribution in [0.25, 0.3) is 0 Å². The summed E-state index contributed by atoms with van der Waals surface area (Å²) < 4.78 is 10.8. The Kier molecular flexibility index (Phi) is 3.97. The molecule has 2 rings (SSSR count). The molecule has 0 amide bonds. The Labute approximate surface area is 114 Å². The Bertz CT molecular complexity index is 462. The summed E-state index contributed by atoms with van der Waals surface area (Å²) in [4.78, 5) is 16.4. The molecule has 106 valence electrons. The predicted octanol–water partition coefficient (Wildman–Crippen LogP) is 3.71. The fourth-order valence-corrected chi connectivity index (χ4v) is 2.90. The number of hydrogen-bond donors (Lipinski definition) is 0. The summed E-state index contributed by atoms with van der Waals surface area (Å²) >= 11 is 0. The van der Waals surface area contributed by atoms with Crippen LogP contribution in [0.2, 0.25) is 0 Å². The van der Waals surface area contributed by atoms with Crippen LogP contribution in [0.1, 0.15) is 75.0 Å². The fraction of sp³-hybridized carbons (Fsp3) is 0.733. The number of aromatic nitrogens is 1. The van der Waals surface area contributed by atoms with Crippen LogP contribution in [0.3, 0.4) is 0 Å². The topological polar surface area (TPSA) is 52.3 Å². The quantitative estimate of drug-likeness (QED) is 0.779. The average Bonchev–Trinajstić information content (AvgIpc) is 2.91. The molecule has 1 aromatic heterocycles. The van der Waals surface area contributed by atoms with Crippen molar-refractivity contribution in [1.82, 2.24) is 4.98 Å². The Balaban J connectivity index is 2.31. The van der Waals surface area contributed by atoms with Crippen LogP contribution in [-0.4, -0.2) is 17.6 Å². The first-order valence-electron chi connectivity index (χ1n) is 7.16. The zero-order chi connectivity index (χ0) is 14.0. The lowest BCUT2D eigenvalue weighted by atomic mass is 9.82. The summed E-state index contributed by atoms with van der Waals surface area (Å²) in [6.07, 6.45) is 4.14. The van der Waals surface area contributed by atoms with Crippen LogP contribution in [0.5, 0.6) is 0 Å². The van der Waals surface area contributed by atoms with E-state index in [1.807, 2.05) is 6.92 Å². The van der Waals surface area contributed by atoms with Crippen molar-refractivity contribution in [3.8, 4) is 0 Å². The highest BCUT2D eigenvalue weighted by Gasteiger charge is 2.39. The maximum atomic E-state index is 11.9. The van der Waals surface area contributed by atoms with E-state index in [4.69, 9.17) is 9.15 Å². The molecule has 1 fully saturated rings. The van der Waals surface area contributed by atoms with Crippen molar-refractivity contribution in [2.24, 2.45) is 5.41 Å². The molecule has 1 unspecified atom stereocenters. The van der Waals surface area contributed by atoms with E-state index in [0.29, 0.717) is 30.6 Å². The lowest BCUT2D eigenvalue weighted by molar-refractivity contribution is 0.0484. The number of hydrogen-bond acceptors (Lipinski definition) is 4. The Morgan fingerprint density at radius 3 is 2.74 bits per heavy atom. The molecule has 0 bridgehead atoms. The summed E-state index contributed by atoms with van der Waals surface area (Å²) in [5.41, 5.74) is 0.915. The van der Waals surface area contributed by atoms with Gasteiger partial charge in [-0.2, -0.15) is 0 Å². The van der Waals surface area contributed by atoms with Gasteiger partial charge in [0.1, 0.15) is 0 Å². The highest BCUT2D eigenvalue weighted by atomic mass is 16.5. The number of oxazole rings is 1. The minimum atomic E-state index is -0.395. The van der Waals surface area contributed by atoms with Crippen LogP contribution in [0.4, 0.5) is 0 Å². The zero-order valence-corrected chi connectivity index (χ0v) is 12.3. The summed E-state index contributed by atoms with van der Waals surface area (Å²) in [7, 11) is 0. The van der Waals surface area contributed by atoms with E-state index in [1.165, 1.54) is 12.8 Å². The van der Waals surface area contributed by atoms with Crippen molar-refractivity contribution in [1.29, 1.82) is 0 Å². The van der Waals surface area contributed by atoms with Crippen molar-refractivity contribution < 1.29 is 13.9 Å². The highest BCUT2D eigenvalue weighted by molar-refractivity contribution is 5.87. The Morgan fingerprint density at radius 1 is 1.47 bits per heavy atom. The smallest absolute Gasteiger partial charge is 0.376 e. The van der Waals surface area contributed by atoms with E-state index < -0.39 is 5.97 Å². The first-order chi connectivity index (χ1) is 8.99. The van der Waals surface area contributed by atoms with Crippen LogP contribution >= 0.6 is 0 Å². The minimum Gasteiger partial charge on any atom is -0.460 e. The molecule has 0 spiro atoms. The average molecular weight is 265 g/mol. The second-order valence-electron chi connectivity index (χ2n) is 5.84. The van der Waals surface area contributed by atoms with Crippen LogP contribution in [-0.2, 0) is 11.2 Å². The second-order valence-corrected chi connectivity index (χ2v) is 5.84. The predicted molar refractivity (Wildman–Crippen MR) is 72.2 cm³/mol. The number of ether oxygens (including phenoxy) is 1. The molecule has 1 aliphatic rings. The maximum Gasteiger partial charge on any atom is 0.376 e. The van der Waals surface area contributed by atoms with E-state index >= 15 is 0 Å². The van der Waals surface area contributed by atoms with Gasteiger partial charge >= 0.3 is 5.97 Å². The molecule has 19 heavy (non-hydrogen) atoms. The molecule has 4 nitrogen and oxygen atoms in total. The normalized spacial score (nSPS) is 21.6. The van der Waals surface area contributed by atoms with Gasteiger partial charge in [0.25, 0.3) is 0 Å². The summed E-state index contributed by atoms with van der Waals surface area (Å²) in [5.74, 6) is 0.916. The van der Waals surface area contributed by atoms with E-state index in [2.05, 4.69) is 18.8 Å². The van der Waals surface area contributed by atoms with Gasteiger partial charge in [-0.25, -0.2) is 9.78 Å². The first-order valence-corrected chi connectivity index (χ1v) is 7.16. The van der Waals surface area contributed by atoms with Gasteiger partial charge < -0.3 is 9.15 Å². The van der Waals surface area contributed by atoms with Gasteiger partial charge in [-0.05, 0) is 31.6 Å². The molecule has 0 N–H and O–H groups in total. The molecule has 1 aromatic rings. The van der Waals surface area contributed by atoms with Gasteiger partial charge in [0.2, 0.25) is 5.76 Å². The lowest BCUT2D eigenvalue weighted by Crippen LogP contribution is -2.15. The second kappa shape index (κ2) is 5.35. The lowest BCUT2D eigenvalue weighted by Gasteiger charge is -2.23. The molecular weight excluding hydrogens is 242 g/mol. The standard InChI is InChI=1S/C15H23NO3/c1-5-11-12(14(17)18-6-2)19-13(16-11)10-8-7-9-15(10,3)4/h10H,5-9H2,1-4H3. The molecular formula is C15H23NO3. The third-order valence-electron chi connectivity index (χ3n) is 4.06. The van der Waals surface area contributed by atoms with Crippen molar-refractivity contribution in [2.75, 3.05) is 6.61 Å². The van der Waals surface area contributed by atoms with Crippen molar-refractivity contribution in [3.63, 3.8) is 0 Å². The number of carbonyl (C=O) groups excluding carboxylic acids is 1. The number of esters is 1. The first kappa shape index (κ1) is 14.1. The fourth-order valence-electron chi connectivity index (χ4n) is 2.90. The van der Waals surface area contributed by atoms with Gasteiger partial charge in [-0.3, -0.25) is 0 Å². The van der Waals surface area contributed by atoms with E-state index in [-0.39, 0.29) is 5.41 Å². The molecule has 1 heterocycles. The molecule has 1 aliphatic carbocycles. The SMILES string of the molecule is CCOC(=O)c1oc(C2CCCC2(C)C)nc1CC. The van der Waals surface area contributed by atoms with Gasteiger partial charge in [0.05, 0.1) is 12.3 Å². The van der Waals surface area contributed by atoms with Gasteiger partial charge in [-0.15, -0.1) is 0 Å². The monoisotopic (exact) mass is 265 g/mol. The molecule has 0 aromatic carbocycles. The number of rotatable bonds is 4. The van der Waals surface area contributed by atoms with E-state index in [0.717, 1.165) is 12.1 Å². The highest BCUT2D eigenvalue weighted by Crippen LogP contribution is 2.48. The van der Waals surface area contributed by atoms with Crippen LogP contribution in [0, 0.1) is 5.41 Å². The summed E-state index contributed by atoms with van der Waals surface area (Å²) in [6.45, 7) is 8.60. The van der Waals surface area contributed by atoms with Crippen molar-refractivity contribution in [2.45, 2.75) is 59.3 Å². The van der Waals surface area contributed by atoms with Gasteiger partial charge in [-0.1, -0.05) is 27.2 Å². The zero-order valence-electron chi connectivity index (χ0n) is 12.3. The van der Waals surface area contributed by atoms with E-state index in [1.54, 1.807) is 6.92 Å². The van der Waals surface area contributed by atoms with Crippen LogP contribution in [0.15, 0.2) is 4.42 Å². The molecule has 0 radical (unpaired) electrons. The largest absolute Gasteiger partial charge is 0.460 e. The minimum absolute atomic E-state index is 0.196. The van der Waals surface area contributed by atoms with Crippen molar-refractivity contribution >= 4 is 5.97 Å². The number of carbonyl (C=O) groups is 1. The Morgan fingerprint density at radius 2 is 2.21 bits per heavy atom. The van der Waals surface area contributed by atoms with Gasteiger partial charge in [0.15, 0.2) is 5.89 Å². The third-order valence-corrected chi connectivity index (χ3v) is 4.06. The summed E-state index contributed by atoms with van der Waals surface area (Å²) in [5, 5.41) is 0. The van der Waals surface area contributed by atoms with Gasteiger partial charge in [0, 0.05) is 5.92 Å². The van der Waals surface area contributed by atoms with E-state index in [9.17, 15) is 4.79 Å². The van der Waals surface area contributed by atoms with Crippen molar-refractivity contribution in [3.05, 3.63) is 17.3 Å². The Hall–Kier alpha value is -1.32.